The lowest BCUT2D eigenvalue weighted by Crippen LogP contribution is -2.15. The monoisotopic (exact) mass is 383 g/mol. The van der Waals surface area contributed by atoms with Crippen molar-refractivity contribution in [3.63, 3.8) is 0 Å². The minimum atomic E-state index is -0.712. The molecule has 0 radical (unpaired) electrons. The van der Waals surface area contributed by atoms with Gasteiger partial charge in [0.2, 0.25) is 5.78 Å². The molecule has 1 N–H and O–H groups in total. The van der Waals surface area contributed by atoms with Gasteiger partial charge < -0.3 is 10.1 Å². The highest BCUT2D eigenvalue weighted by molar-refractivity contribution is 7.12. The highest BCUT2D eigenvalue weighted by Crippen LogP contribution is 2.15. The Bertz CT molecular complexity index is 968. The van der Waals surface area contributed by atoms with E-state index in [1.165, 1.54) is 41.7 Å². The summed E-state index contributed by atoms with van der Waals surface area (Å²) in [6, 6.07) is 15.0. The topological polar surface area (TPSA) is 72.5 Å². The lowest BCUT2D eigenvalue weighted by atomic mass is 10.1. The Morgan fingerprint density at radius 3 is 2.37 bits per heavy atom. The van der Waals surface area contributed by atoms with Crippen LogP contribution in [-0.2, 0) is 4.74 Å². The molecule has 0 aliphatic heterocycles. The van der Waals surface area contributed by atoms with Gasteiger partial charge in [-0.1, -0.05) is 18.2 Å². The second-order valence-electron chi connectivity index (χ2n) is 5.49. The van der Waals surface area contributed by atoms with Crippen molar-refractivity contribution in [2.45, 2.75) is 0 Å². The number of carbonyl (C=O) groups is 3. The number of Topliss-reactive ketones (excluding diaryl/α,β-unsaturated/α-hetero) is 1. The van der Waals surface area contributed by atoms with Gasteiger partial charge in [0.15, 0.2) is 6.61 Å². The van der Waals surface area contributed by atoms with Gasteiger partial charge >= 0.3 is 5.97 Å². The van der Waals surface area contributed by atoms with E-state index in [9.17, 15) is 18.8 Å². The molecule has 1 heterocycles. The largest absolute Gasteiger partial charge is 0.454 e. The van der Waals surface area contributed by atoms with E-state index in [0.717, 1.165) is 6.07 Å². The molecule has 0 spiro atoms. The van der Waals surface area contributed by atoms with E-state index in [0.29, 0.717) is 10.6 Å². The molecule has 0 saturated heterocycles. The number of benzene rings is 2. The summed E-state index contributed by atoms with van der Waals surface area (Å²) in [4.78, 5) is 36.5. The normalized spacial score (nSPS) is 10.3. The molecule has 0 aliphatic carbocycles. The molecule has 0 atom stereocenters. The maximum Gasteiger partial charge on any atom is 0.338 e. The Balaban J connectivity index is 1.57. The van der Waals surface area contributed by atoms with Crippen LogP contribution in [0.2, 0.25) is 0 Å². The number of halogens is 1. The second kappa shape index (κ2) is 8.37. The van der Waals surface area contributed by atoms with Crippen molar-refractivity contribution in [2.24, 2.45) is 0 Å². The summed E-state index contributed by atoms with van der Waals surface area (Å²) >= 11 is 1.32. The number of amides is 1. The molecule has 27 heavy (non-hydrogen) atoms. The molecule has 136 valence electrons. The maximum atomic E-state index is 13.5. The van der Waals surface area contributed by atoms with Crippen molar-refractivity contribution in [1.29, 1.82) is 0 Å². The molecule has 1 amide bonds. The van der Waals surface area contributed by atoms with Crippen molar-refractivity contribution in [1.82, 2.24) is 0 Å². The Morgan fingerprint density at radius 1 is 0.963 bits per heavy atom. The molecule has 3 rings (SSSR count). The molecule has 0 unspecified atom stereocenters. The van der Waals surface area contributed by atoms with Crippen molar-refractivity contribution in [3.05, 3.63) is 87.9 Å². The number of thiophene rings is 1. The SMILES string of the molecule is O=C(OCC(=O)c1ccccc1F)c1ccc(NC(=O)c2cccs2)cc1. The number of ketones is 1. The molecule has 3 aromatic rings. The van der Waals surface area contributed by atoms with E-state index in [1.807, 2.05) is 0 Å². The Morgan fingerprint density at radius 2 is 1.70 bits per heavy atom. The summed E-state index contributed by atoms with van der Waals surface area (Å²) in [5, 5.41) is 4.51. The Hall–Kier alpha value is -3.32. The van der Waals surface area contributed by atoms with Crippen molar-refractivity contribution < 1.29 is 23.5 Å². The number of ether oxygens (including phenoxy) is 1. The maximum absolute atomic E-state index is 13.5. The second-order valence-corrected chi connectivity index (χ2v) is 6.44. The first-order valence-corrected chi connectivity index (χ1v) is 8.82. The third-order valence-electron chi connectivity index (χ3n) is 3.63. The zero-order valence-corrected chi connectivity index (χ0v) is 14.8. The van der Waals surface area contributed by atoms with Gasteiger partial charge in [-0.2, -0.15) is 0 Å². The number of hydrogen-bond donors (Lipinski definition) is 1. The van der Waals surface area contributed by atoms with Crippen LogP contribution in [0.4, 0.5) is 10.1 Å². The predicted octanol–water partition coefficient (Wildman–Crippen LogP) is 4.18. The summed E-state index contributed by atoms with van der Waals surface area (Å²) in [6.45, 7) is -0.559. The molecule has 2 aromatic carbocycles. The highest BCUT2D eigenvalue weighted by Gasteiger charge is 2.15. The smallest absolute Gasteiger partial charge is 0.338 e. The van der Waals surface area contributed by atoms with Gasteiger partial charge in [0.05, 0.1) is 16.0 Å². The fourth-order valence-corrected chi connectivity index (χ4v) is 2.89. The first-order valence-electron chi connectivity index (χ1n) is 7.94. The van der Waals surface area contributed by atoms with E-state index in [4.69, 9.17) is 4.74 Å². The summed E-state index contributed by atoms with van der Waals surface area (Å²) in [5.74, 6) is -2.24. The molecule has 0 aliphatic rings. The van der Waals surface area contributed by atoms with E-state index >= 15 is 0 Å². The van der Waals surface area contributed by atoms with E-state index in [2.05, 4.69) is 5.32 Å². The van der Waals surface area contributed by atoms with E-state index < -0.39 is 24.2 Å². The van der Waals surface area contributed by atoms with Crippen LogP contribution in [0.5, 0.6) is 0 Å². The standard InChI is InChI=1S/C20H14FNO4S/c21-16-5-2-1-4-15(16)17(23)12-26-20(25)13-7-9-14(10-8-13)22-19(24)18-6-3-11-27-18/h1-11H,12H2,(H,22,24). The number of nitrogens with one attached hydrogen (secondary N) is 1. The Kier molecular flexibility index (Phi) is 5.73. The molecular weight excluding hydrogens is 369 g/mol. The van der Waals surface area contributed by atoms with Crippen LogP contribution in [0.1, 0.15) is 30.4 Å². The van der Waals surface area contributed by atoms with Crippen LogP contribution in [0.15, 0.2) is 66.0 Å². The van der Waals surface area contributed by atoms with Crippen LogP contribution in [0.25, 0.3) is 0 Å². The predicted molar refractivity (Wildman–Crippen MR) is 99.7 cm³/mol. The van der Waals surface area contributed by atoms with Gasteiger partial charge in [-0.05, 0) is 47.8 Å². The first-order chi connectivity index (χ1) is 13.0. The Labute approximate surface area is 158 Å². The first kappa shape index (κ1) is 18.5. The summed E-state index contributed by atoms with van der Waals surface area (Å²) < 4.78 is 18.5. The minimum absolute atomic E-state index is 0.128. The van der Waals surface area contributed by atoms with E-state index in [-0.39, 0.29) is 17.0 Å². The number of esters is 1. The van der Waals surface area contributed by atoms with Crippen LogP contribution < -0.4 is 5.32 Å². The molecule has 1 aromatic heterocycles. The van der Waals surface area contributed by atoms with Gasteiger partial charge in [-0.15, -0.1) is 11.3 Å². The third kappa shape index (κ3) is 4.65. The van der Waals surface area contributed by atoms with Crippen molar-refractivity contribution >= 4 is 34.7 Å². The minimum Gasteiger partial charge on any atom is -0.454 e. The molecular formula is C20H14FNO4S. The van der Waals surface area contributed by atoms with Gasteiger partial charge in [0, 0.05) is 5.69 Å². The molecule has 0 saturated carbocycles. The number of anilines is 1. The fraction of sp³-hybridized carbons (Fsp3) is 0.0500. The zero-order valence-electron chi connectivity index (χ0n) is 14.0. The quantitative estimate of drug-likeness (QED) is 0.512. The molecule has 5 nitrogen and oxygen atoms in total. The lowest BCUT2D eigenvalue weighted by molar-refractivity contribution is 0.0473. The average Bonchev–Trinajstić information content (AvgIpc) is 3.22. The number of hydrogen-bond acceptors (Lipinski definition) is 5. The third-order valence-corrected chi connectivity index (χ3v) is 4.50. The van der Waals surface area contributed by atoms with Crippen LogP contribution in [0, 0.1) is 5.82 Å². The summed E-state index contributed by atoms with van der Waals surface area (Å²) in [5.41, 5.74) is 0.606. The van der Waals surface area contributed by atoms with Crippen LogP contribution >= 0.6 is 11.3 Å². The van der Waals surface area contributed by atoms with Gasteiger partial charge in [0.1, 0.15) is 5.82 Å². The number of carbonyl (C=O) groups excluding carboxylic acids is 3. The average molecular weight is 383 g/mol. The van der Waals surface area contributed by atoms with Gasteiger partial charge in [-0.3, -0.25) is 9.59 Å². The van der Waals surface area contributed by atoms with Crippen molar-refractivity contribution in [2.75, 3.05) is 11.9 Å². The lowest BCUT2D eigenvalue weighted by Gasteiger charge is -2.07. The van der Waals surface area contributed by atoms with Crippen LogP contribution in [0.3, 0.4) is 0 Å². The van der Waals surface area contributed by atoms with E-state index in [1.54, 1.807) is 29.6 Å². The summed E-state index contributed by atoms with van der Waals surface area (Å²) in [6.07, 6.45) is 0. The molecule has 0 fully saturated rings. The van der Waals surface area contributed by atoms with Gasteiger partial charge in [0.25, 0.3) is 5.91 Å². The van der Waals surface area contributed by atoms with Crippen LogP contribution in [-0.4, -0.2) is 24.3 Å². The highest BCUT2D eigenvalue weighted by atomic mass is 32.1. The molecule has 0 bridgehead atoms. The zero-order chi connectivity index (χ0) is 19.2. The summed E-state index contributed by atoms with van der Waals surface area (Å²) in [7, 11) is 0. The molecule has 7 heteroatoms. The van der Waals surface area contributed by atoms with Crippen molar-refractivity contribution in [3.8, 4) is 0 Å². The fourth-order valence-electron chi connectivity index (χ4n) is 2.27. The number of rotatable bonds is 6. The van der Waals surface area contributed by atoms with Gasteiger partial charge in [-0.25, -0.2) is 9.18 Å².